The van der Waals surface area contributed by atoms with Gasteiger partial charge in [0.15, 0.2) is 5.69 Å². The lowest BCUT2D eigenvalue weighted by molar-refractivity contribution is 0.0992. The number of phenolic OH excluding ortho intramolecular Hbond substituents is 1. The third kappa shape index (κ3) is 3.44. The van der Waals surface area contributed by atoms with Crippen molar-refractivity contribution in [1.82, 2.24) is 4.57 Å². The molecule has 0 bridgehead atoms. The molecule has 0 radical (unpaired) electrons. The summed E-state index contributed by atoms with van der Waals surface area (Å²) in [5.74, 6) is -0.342. The maximum absolute atomic E-state index is 12.2. The van der Waals surface area contributed by atoms with Crippen molar-refractivity contribution in [3.05, 3.63) is 54.1 Å². The predicted molar refractivity (Wildman–Crippen MR) is 100 cm³/mol. The molecule has 6 nitrogen and oxygen atoms in total. The van der Waals surface area contributed by atoms with Crippen LogP contribution in [0.5, 0.6) is 11.6 Å². The Balaban J connectivity index is 1.98. The zero-order valence-electron chi connectivity index (χ0n) is 14.8. The molecule has 0 aliphatic rings. The molecule has 0 saturated heterocycles. The summed E-state index contributed by atoms with van der Waals surface area (Å²) >= 11 is 0. The van der Waals surface area contributed by atoms with Crippen molar-refractivity contribution in [3.63, 3.8) is 0 Å². The number of hydrogen-bond acceptors (Lipinski definition) is 4. The number of aromatic hydroxyl groups is 2. The van der Waals surface area contributed by atoms with Gasteiger partial charge in [0.1, 0.15) is 5.75 Å². The SMILES string of the molecule is CC(C)CCn1c(O)c(N=NC(=O)c2ccccc2O)c2ccccc21. The number of aromatic nitrogens is 1. The van der Waals surface area contributed by atoms with E-state index in [0.717, 1.165) is 17.3 Å². The molecule has 0 unspecified atom stereocenters. The molecule has 1 heterocycles. The van der Waals surface area contributed by atoms with E-state index >= 15 is 0 Å². The lowest BCUT2D eigenvalue weighted by Crippen LogP contribution is -2.00. The molecule has 0 spiro atoms. The molecule has 6 heteroatoms. The number of amides is 1. The van der Waals surface area contributed by atoms with Crippen molar-refractivity contribution < 1.29 is 15.0 Å². The minimum absolute atomic E-state index is 0.0133. The minimum Gasteiger partial charge on any atom is -0.507 e. The first-order valence-corrected chi connectivity index (χ1v) is 8.53. The van der Waals surface area contributed by atoms with Crippen LogP contribution in [0, 0.1) is 5.92 Å². The number of nitrogens with zero attached hydrogens (tertiary/aromatic N) is 3. The first kappa shape index (κ1) is 17.7. The molecule has 2 aromatic carbocycles. The molecule has 0 atom stereocenters. The molecule has 134 valence electrons. The smallest absolute Gasteiger partial charge is 0.299 e. The molecule has 26 heavy (non-hydrogen) atoms. The Morgan fingerprint density at radius 3 is 2.50 bits per heavy atom. The van der Waals surface area contributed by atoms with Gasteiger partial charge in [-0.15, -0.1) is 10.2 Å². The number of fused-ring (bicyclic) bond motifs is 1. The van der Waals surface area contributed by atoms with Gasteiger partial charge in [0, 0.05) is 11.9 Å². The number of carbonyl (C=O) groups is 1. The minimum atomic E-state index is -0.665. The summed E-state index contributed by atoms with van der Waals surface area (Å²) in [6.45, 7) is 4.88. The van der Waals surface area contributed by atoms with E-state index in [4.69, 9.17) is 0 Å². The Labute approximate surface area is 151 Å². The first-order chi connectivity index (χ1) is 12.5. The third-order valence-electron chi connectivity index (χ3n) is 4.22. The van der Waals surface area contributed by atoms with Crippen molar-refractivity contribution in [2.45, 2.75) is 26.8 Å². The summed E-state index contributed by atoms with van der Waals surface area (Å²) in [6.07, 6.45) is 0.902. The second kappa shape index (κ2) is 7.39. The van der Waals surface area contributed by atoms with Crippen molar-refractivity contribution in [1.29, 1.82) is 0 Å². The Kier molecular flexibility index (Phi) is 5.02. The number of benzene rings is 2. The Morgan fingerprint density at radius 1 is 1.08 bits per heavy atom. The first-order valence-electron chi connectivity index (χ1n) is 8.53. The molecule has 3 rings (SSSR count). The Hall–Kier alpha value is -3.15. The van der Waals surface area contributed by atoms with Crippen LogP contribution in [-0.2, 0) is 6.54 Å². The number of carbonyl (C=O) groups excluding carboxylic acids is 1. The number of azo groups is 1. The van der Waals surface area contributed by atoms with Gasteiger partial charge in [-0.3, -0.25) is 4.79 Å². The van der Waals surface area contributed by atoms with E-state index in [1.165, 1.54) is 12.1 Å². The van der Waals surface area contributed by atoms with E-state index in [-0.39, 0.29) is 22.9 Å². The van der Waals surface area contributed by atoms with Gasteiger partial charge in [-0.1, -0.05) is 44.2 Å². The molecule has 3 aromatic rings. The molecule has 0 saturated carbocycles. The second-order valence-electron chi connectivity index (χ2n) is 6.55. The summed E-state index contributed by atoms with van der Waals surface area (Å²) in [5.41, 5.74) is 1.17. The maximum atomic E-state index is 12.2. The molecular weight excluding hydrogens is 330 g/mol. The van der Waals surface area contributed by atoms with Crippen molar-refractivity contribution in [2.24, 2.45) is 16.1 Å². The summed E-state index contributed by atoms with van der Waals surface area (Å²) in [6, 6.07) is 13.6. The van der Waals surface area contributed by atoms with Crippen LogP contribution < -0.4 is 0 Å². The van der Waals surface area contributed by atoms with Crippen LogP contribution in [0.4, 0.5) is 5.69 Å². The average Bonchev–Trinajstić information content (AvgIpc) is 2.89. The number of rotatable bonds is 5. The van der Waals surface area contributed by atoms with Gasteiger partial charge in [-0.25, -0.2) is 0 Å². The highest BCUT2D eigenvalue weighted by atomic mass is 16.3. The number of hydrogen-bond donors (Lipinski definition) is 2. The van der Waals surface area contributed by atoms with E-state index in [1.54, 1.807) is 16.7 Å². The number of aryl methyl sites for hydroxylation is 1. The Morgan fingerprint density at radius 2 is 1.77 bits per heavy atom. The summed E-state index contributed by atoms with van der Waals surface area (Å²) < 4.78 is 1.79. The largest absolute Gasteiger partial charge is 0.507 e. The van der Waals surface area contributed by atoms with Gasteiger partial charge in [0.2, 0.25) is 5.88 Å². The third-order valence-corrected chi connectivity index (χ3v) is 4.22. The van der Waals surface area contributed by atoms with E-state index in [9.17, 15) is 15.0 Å². The van der Waals surface area contributed by atoms with Gasteiger partial charge >= 0.3 is 0 Å². The topological polar surface area (TPSA) is 87.2 Å². The lowest BCUT2D eigenvalue weighted by Gasteiger charge is -2.08. The zero-order valence-corrected chi connectivity index (χ0v) is 14.8. The standard InChI is InChI=1S/C20H21N3O3/c1-13(2)11-12-23-16-9-5-3-7-14(16)18(20(23)26)21-22-19(25)15-8-4-6-10-17(15)24/h3-10,13,24,26H,11-12H2,1-2H3. The highest BCUT2D eigenvalue weighted by Gasteiger charge is 2.17. The van der Waals surface area contributed by atoms with Crippen LogP contribution in [0.25, 0.3) is 10.9 Å². The van der Waals surface area contributed by atoms with Gasteiger partial charge in [-0.05, 0) is 30.5 Å². The normalized spacial score (nSPS) is 11.7. The molecule has 0 fully saturated rings. The fourth-order valence-electron chi connectivity index (χ4n) is 2.79. The fourth-order valence-corrected chi connectivity index (χ4v) is 2.79. The highest BCUT2D eigenvalue weighted by Crippen LogP contribution is 2.39. The van der Waals surface area contributed by atoms with Crippen LogP contribution in [0.3, 0.4) is 0 Å². The van der Waals surface area contributed by atoms with E-state index in [0.29, 0.717) is 12.5 Å². The van der Waals surface area contributed by atoms with Crippen LogP contribution in [0.2, 0.25) is 0 Å². The molecule has 0 aliphatic heterocycles. The monoisotopic (exact) mass is 351 g/mol. The lowest BCUT2D eigenvalue weighted by atomic mass is 10.1. The molecule has 0 aliphatic carbocycles. The van der Waals surface area contributed by atoms with Crippen LogP contribution in [-0.4, -0.2) is 20.7 Å². The zero-order chi connectivity index (χ0) is 18.7. The van der Waals surface area contributed by atoms with Crippen molar-refractivity contribution >= 4 is 22.5 Å². The summed E-state index contributed by atoms with van der Waals surface area (Å²) in [7, 11) is 0. The van der Waals surface area contributed by atoms with E-state index in [1.807, 2.05) is 24.3 Å². The predicted octanol–water partition coefficient (Wildman–Crippen LogP) is 5.02. The van der Waals surface area contributed by atoms with Crippen molar-refractivity contribution in [3.8, 4) is 11.6 Å². The second-order valence-corrected chi connectivity index (χ2v) is 6.55. The van der Waals surface area contributed by atoms with Crippen LogP contribution >= 0.6 is 0 Å². The maximum Gasteiger partial charge on any atom is 0.299 e. The van der Waals surface area contributed by atoms with Crippen LogP contribution in [0.15, 0.2) is 58.8 Å². The molecule has 1 aromatic heterocycles. The van der Waals surface area contributed by atoms with Gasteiger partial charge in [0.25, 0.3) is 5.91 Å². The fraction of sp³-hybridized carbons (Fsp3) is 0.250. The Bertz CT molecular complexity index is 974. The van der Waals surface area contributed by atoms with Crippen LogP contribution in [0.1, 0.15) is 30.6 Å². The van der Waals surface area contributed by atoms with Gasteiger partial charge in [0.05, 0.1) is 11.1 Å². The molecule has 1 amide bonds. The van der Waals surface area contributed by atoms with Gasteiger partial charge < -0.3 is 14.8 Å². The molecule has 2 N–H and O–H groups in total. The summed E-state index contributed by atoms with van der Waals surface area (Å²) in [5, 5.41) is 28.8. The van der Waals surface area contributed by atoms with Crippen molar-refractivity contribution in [2.75, 3.05) is 0 Å². The van der Waals surface area contributed by atoms with E-state index < -0.39 is 5.91 Å². The average molecular weight is 351 g/mol. The van der Waals surface area contributed by atoms with E-state index in [2.05, 4.69) is 24.1 Å². The number of phenols is 1. The highest BCUT2D eigenvalue weighted by molar-refractivity contribution is 5.98. The molecular formula is C20H21N3O3. The summed E-state index contributed by atoms with van der Waals surface area (Å²) in [4.78, 5) is 12.2. The quantitative estimate of drug-likeness (QED) is 0.633. The van der Waals surface area contributed by atoms with Gasteiger partial charge in [-0.2, -0.15) is 0 Å². The number of para-hydroxylation sites is 2.